The van der Waals surface area contributed by atoms with E-state index in [1.54, 1.807) is 10.7 Å². The van der Waals surface area contributed by atoms with E-state index < -0.39 is 0 Å². The standard InChI is InChI=1S/C12H14FN3/c1-7-6-10(13)4-5-11(7)16-9(3)12(14)8(2)15-16/h4-6H,14H2,1-3H3. The number of rotatable bonds is 1. The maximum Gasteiger partial charge on any atom is 0.123 e. The van der Waals surface area contributed by atoms with Crippen molar-refractivity contribution in [1.82, 2.24) is 9.78 Å². The fourth-order valence-corrected chi connectivity index (χ4v) is 1.75. The van der Waals surface area contributed by atoms with Crippen molar-refractivity contribution < 1.29 is 4.39 Å². The summed E-state index contributed by atoms with van der Waals surface area (Å²) in [6.07, 6.45) is 0. The number of halogens is 1. The lowest BCUT2D eigenvalue weighted by Gasteiger charge is -2.07. The second-order valence-corrected chi connectivity index (χ2v) is 3.93. The first-order chi connectivity index (χ1) is 7.50. The Labute approximate surface area is 93.7 Å². The first-order valence-corrected chi connectivity index (χ1v) is 5.09. The average molecular weight is 219 g/mol. The van der Waals surface area contributed by atoms with Crippen molar-refractivity contribution in [2.24, 2.45) is 0 Å². The molecule has 4 heteroatoms. The minimum atomic E-state index is -0.240. The minimum absolute atomic E-state index is 0.240. The van der Waals surface area contributed by atoms with E-state index in [1.165, 1.54) is 12.1 Å². The van der Waals surface area contributed by atoms with Crippen LogP contribution in [0.4, 0.5) is 10.1 Å². The Bertz CT molecular complexity index is 543. The van der Waals surface area contributed by atoms with Crippen molar-refractivity contribution in [3.8, 4) is 5.69 Å². The van der Waals surface area contributed by atoms with Gasteiger partial charge in [0.2, 0.25) is 0 Å². The van der Waals surface area contributed by atoms with Gasteiger partial charge in [0.15, 0.2) is 0 Å². The summed E-state index contributed by atoms with van der Waals surface area (Å²) in [5, 5.41) is 4.34. The third kappa shape index (κ3) is 1.56. The molecule has 0 aliphatic carbocycles. The fraction of sp³-hybridized carbons (Fsp3) is 0.250. The Morgan fingerprint density at radius 3 is 2.44 bits per heavy atom. The summed E-state index contributed by atoms with van der Waals surface area (Å²) in [5.74, 6) is -0.240. The number of nitrogen functional groups attached to an aromatic ring is 1. The van der Waals surface area contributed by atoms with Crippen molar-refractivity contribution in [2.45, 2.75) is 20.8 Å². The molecule has 16 heavy (non-hydrogen) atoms. The zero-order chi connectivity index (χ0) is 11.9. The van der Waals surface area contributed by atoms with Crippen molar-refractivity contribution in [3.05, 3.63) is 41.0 Å². The Morgan fingerprint density at radius 1 is 1.25 bits per heavy atom. The third-order valence-electron chi connectivity index (χ3n) is 2.73. The van der Waals surface area contributed by atoms with E-state index in [4.69, 9.17) is 5.73 Å². The van der Waals surface area contributed by atoms with Crippen LogP contribution in [0.3, 0.4) is 0 Å². The van der Waals surface area contributed by atoms with E-state index in [0.29, 0.717) is 5.69 Å². The maximum atomic E-state index is 13.0. The number of aromatic nitrogens is 2. The molecule has 3 nitrogen and oxygen atoms in total. The molecule has 0 fully saturated rings. The van der Waals surface area contributed by atoms with Crippen LogP contribution >= 0.6 is 0 Å². The summed E-state index contributed by atoms with van der Waals surface area (Å²) in [7, 11) is 0. The molecular weight excluding hydrogens is 205 g/mol. The summed E-state index contributed by atoms with van der Waals surface area (Å²) in [6.45, 7) is 5.61. The van der Waals surface area contributed by atoms with Gasteiger partial charge in [-0.15, -0.1) is 0 Å². The second kappa shape index (κ2) is 3.63. The number of nitrogens with zero attached hydrogens (tertiary/aromatic N) is 2. The molecule has 1 aromatic carbocycles. The molecule has 0 saturated heterocycles. The number of hydrogen-bond donors (Lipinski definition) is 1. The van der Waals surface area contributed by atoms with Gasteiger partial charge in [0.05, 0.1) is 22.8 Å². The molecule has 0 aliphatic heterocycles. The van der Waals surface area contributed by atoms with Crippen LogP contribution in [0.5, 0.6) is 0 Å². The quantitative estimate of drug-likeness (QED) is 0.800. The van der Waals surface area contributed by atoms with Crippen LogP contribution in [0, 0.1) is 26.6 Å². The normalized spacial score (nSPS) is 10.8. The van der Waals surface area contributed by atoms with E-state index in [9.17, 15) is 4.39 Å². The Balaban J connectivity index is 2.63. The molecular formula is C12H14FN3. The molecule has 0 atom stereocenters. The maximum absolute atomic E-state index is 13.0. The van der Waals surface area contributed by atoms with Crippen molar-refractivity contribution in [2.75, 3.05) is 5.73 Å². The lowest BCUT2D eigenvalue weighted by Crippen LogP contribution is -2.02. The molecule has 2 aromatic rings. The topological polar surface area (TPSA) is 43.8 Å². The van der Waals surface area contributed by atoms with Crippen LogP contribution in [-0.4, -0.2) is 9.78 Å². The molecule has 0 aliphatic rings. The Kier molecular flexibility index (Phi) is 2.42. The molecule has 0 saturated carbocycles. The summed E-state index contributed by atoms with van der Waals surface area (Å²) >= 11 is 0. The van der Waals surface area contributed by atoms with Gasteiger partial charge < -0.3 is 5.73 Å². The second-order valence-electron chi connectivity index (χ2n) is 3.93. The van der Waals surface area contributed by atoms with Gasteiger partial charge in [-0.3, -0.25) is 0 Å². The molecule has 0 radical (unpaired) electrons. The van der Waals surface area contributed by atoms with Crippen LogP contribution in [-0.2, 0) is 0 Å². The number of benzene rings is 1. The smallest absolute Gasteiger partial charge is 0.123 e. The first-order valence-electron chi connectivity index (χ1n) is 5.09. The van der Waals surface area contributed by atoms with Crippen LogP contribution in [0.15, 0.2) is 18.2 Å². The highest BCUT2D eigenvalue weighted by molar-refractivity contribution is 5.52. The van der Waals surface area contributed by atoms with Gasteiger partial charge >= 0.3 is 0 Å². The van der Waals surface area contributed by atoms with E-state index in [1.807, 2.05) is 20.8 Å². The number of nitrogens with two attached hydrogens (primary N) is 1. The predicted molar refractivity (Wildman–Crippen MR) is 62.1 cm³/mol. The molecule has 1 aromatic heterocycles. The van der Waals surface area contributed by atoms with Crippen LogP contribution in [0.25, 0.3) is 5.69 Å². The largest absolute Gasteiger partial charge is 0.396 e. The average Bonchev–Trinajstić information content (AvgIpc) is 2.46. The molecule has 0 amide bonds. The Hall–Kier alpha value is -1.84. The monoisotopic (exact) mass is 219 g/mol. The van der Waals surface area contributed by atoms with Gasteiger partial charge in [0.1, 0.15) is 5.82 Å². The third-order valence-corrected chi connectivity index (χ3v) is 2.73. The van der Waals surface area contributed by atoms with Gasteiger partial charge in [-0.05, 0) is 44.5 Å². The zero-order valence-corrected chi connectivity index (χ0v) is 9.58. The number of anilines is 1. The molecule has 2 rings (SSSR count). The molecule has 0 unspecified atom stereocenters. The predicted octanol–water partition coefficient (Wildman–Crippen LogP) is 2.52. The van der Waals surface area contributed by atoms with Gasteiger partial charge in [0, 0.05) is 0 Å². The minimum Gasteiger partial charge on any atom is -0.396 e. The van der Waals surface area contributed by atoms with Gasteiger partial charge in [-0.1, -0.05) is 0 Å². The van der Waals surface area contributed by atoms with E-state index in [-0.39, 0.29) is 5.82 Å². The molecule has 0 spiro atoms. The highest BCUT2D eigenvalue weighted by Crippen LogP contribution is 2.22. The van der Waals surface area contributed by atoms with Crippen molar-refractivity contribution in [1.29, 1.82) is 0 Å². The van der Waals surface area contributed by atoms with Gasteiger partial charge in [-0.2, -0.15) is 5.10 Å². The van der Waals surface area contributed by atoms with E-state index in [2.05, 4.69) is 5.10 Å². The lowest BCUT2D eigenvalue weighted by molar-refractivity contribution is 0.625. The van der Waals surface area contributed by atoms with Crippen LogP contribution in [0.2, 0.25) is 0 Å². The SMILES string of the molecule is Cc1cc(F)ccc1-n1nc(C)c(N)c1C. The fourth-order valence-electron chi connectivity index (χ4n) is 1.75. The van der Waals surface area contributed by atoms with Crippen LogP contribution in [0.1, 0.15) is 17.0 Å². The lowest BCUT2D eigenvalue weighted by atomic mass is 10.2. The number of aryl methyl sites for hydroxylation is 2. The van der Waals surface area contributed by atoms with Crippen molar-refractivity contribution >= 4 is 5.69 Å². The molecule has 0 bridgehead atoms. The zero-order valence-electron chi connectivity index (χ0n) is 9.58. The van der Waals surface area contributed by atoms with Gasteiger partial charge in [0.25, 0.3) is 0 Å². The van der Waals surface area contributed by atoms with Gasteiger partial charge in [-0.25, -0.2) is 9.07 Å². The highest BCUT2D eigenvalue weighted by atomic mass is 19.1. The summed E-state index contributed by atoms with van der Waals surface area (Å²) < 4.78 is 14.7. The van der Waals surface area contributed by atoms with Crippen LogP contribution < -0.4 is 5.73 Å². The molecule has 84 valence electrons. The van der Waals surface area contributed by atoms with E-state index in [0.717, 1.165) is 22.6 Å². The number of hydrogen-bond acceptors (Lipinski definition) is 2. The Morgan fingerprint density at radius 2 is 1.94 bits per heavy atom. The summed E-state index contributed by atoms with van der Waals surface area (Å²) in [5.41, 5.74) is 9.92. The van der Waals surface area contributed by atoms with Crippen molar-refractivity contribution in [3.63, 3.8) is 0 Å². The molecule has 1 heterocycles. The molecule has 2 N–H and O–H groups in total. The summed E-state index contributed by atoms with van der Waals surface area (Å²) in [4.78, 5) is 0. The highest BCUT2D eigenvalue weighted by Gasteiger charge is 2.11. The first kappa shape index (κ1) is 10.7. The van der Waals surface area contributed by atoms with E-state index >= 15 is 0 Å². The summed E-state index contributed by atoms with van der Waals surface area (Å²) in [6, 6.07) is 4.63.